The Morgan fingerprint density at radius 3 is 2.35 bits per heavy atom. The first-order valence-electron chi connectivity index (χ1n) is 5.76. The predicted molar refractivity (Wildman–Crippen MR) is 71.5 cm³/mol. The predicted octanol–water partition coefficient (Wildman–Crippen LogP) is 5.04. The Morgan fingerprint density at radius 2 is 1.75 bits per heavy atom. The van der Waals surface area contributed by atoms with Crippen molar-refractivity contribution in [2.45, 2.75) is 22.9 Å². The molecule has 0 aliphatic heterocycles. The Hall–Kier alpha value is -1.93. The molecule has 0 aliphatic carbocycles. The van der Waals surface area contributed by atoms with E-state index in [0.717, 1.165) is 16.5 Å². The molecule has 2 aromatic rings. The number of benzene rings is 2. The molecular formula is C15H10F3NS. The van der Waals surface area contributed by atoms with Gasteiger partial charge in [-0.1, -0.05) is 29.5 Å². The molecule has 2 aromatic carbocycles. The number of rotatable bonds is 2. The van der Waals surface area contributed by atoms with Crippen LogP contribution in [0.1, 0.15) is 16.7 Å². The first-order chi connectivity index (χ1) is 9.40. The molecule has 2 rings (SSSR count). The molecule has 0 unspecified atom stereocenters. The van der Waals surface area contributed by atoms with Crippen molar-refractivity contribution in [2.75, 3.05) is 0 Å². The molecule has 1 nitrogen and oxygen atoms in total. The summed E-state index contributed by atoms with van der Waals surface area (Å²) in [6.45, 7) is 1.92. The summed E-state index contributed by atoms with van der Waals surface area (Å²) in [6.07, 6.45) is -4.52. The fourth-order valence-corrected chi connectivity index (χ4v) is 2.71. The summed E-state index contributed by atoms with van der Waals surface area (Å²) in [6, 6.07) is 12.8. The molecule has 0 amide bonds. The molecule has 0 fully saturated rings. The van der Waals surface area contributed by atoms with Crippen molar-refractivity contribution < 1.29 is 13.2 Å². The van der Waals surface area contributed by atoms with Gasteiger partial charge in [0.2, 0.25) is 0 Å². The summed E-state index contributed by atoms with van der Waals surface area (Å²) in [5.74, 6) is 0. The number of hydrogen-bond donors (Lipinski definition) is 0. The second-order valence-corrected chi connectivity index (χ2v) is 5.38. The Kier molecular flexibility index (Phi) is 4.05. The molecule has 0 atom stereocenters. The van der Waals surface area contributed by atoms with E-state index in [1.807, 2.05) is 31.2 Å². The van der Waals surface area contributed by atoms with E-state index in [4.69, 9.17) is 5.26 Å². The van der Waals surface area contributed by atoms with Crippen LogP contribution < -0.4 is 0 Å². The molecule has 0 heterocycles. The molecule has 0 saturated carbocycles. The normalized spacial score (nSPS) is 11.2. The summed E-state index contributed by atoms with van der Waals surface area (Å²) in [5, 5.41) is 8.74. The smallest absolute Gasteiger partial charge is 0.192 e. The van der Waals surface area contributed by atoms with E-state index in [1.54, 1.807) is 6.07 Å². The first-order valence-corrected chi connectivity index (χ1v) is 6.57. The number of aryl methyl sites for hydroxylation is 1. The van der Waals surface area contributed by atoms with Crippen LogP contribution in [-0.2, 0) is 6.18 Å². The lowest BCUT2D eigenvalue weighted by molar-refractivity contribution is -0.137. The lowest BCUT2D eigenvalue weighted by Crippen LogP contribution is -2.07. The number of nitriles is 1. The SMILES string of the molecule is Cc1cccc(Sc2ccc(C#N)c(C(F)(F)F)c2)c1. The molecule has 0 bridgehead atoms. The maximum absolute atomic E-state index is 12.9. The summed E-state index contributed by atoms with van der Waals surface area (Å²) in [5.41, 5.74) is -0.205. The Labute approximate surface area is 119 Å². The third kappa shape index (κ3) is 3.34. The molecule has 0 saturated heterocycles. The minimum atomic E-state index is -4.52. The number of alkyl halides is 3. The molecule has 20 heavy (non-hydrogen) atoms. The van der Waals surface area contributed by atoms with Gasteiger partial charge in [0, 0.05) is 9.79 Å². The fourth-order valence-electron chi connectivity index (χ4n) is 1.73. The van der Waals surface area contributed by atoms with Crippen LogP contribution in [0.4, 0.5) is 13.2 Å². The van der Waals surface area contributed by atoms with Gasteiger partial charge >= 0.3 is 6.18 Å². The zero-order valence-electron chi connectivity index (χ0n) is 10.5. The highest BCUT2D eigenvalue weighted by Gasteiger charge is 2.33. The van der Waals surface area contributed by atoms with Gasteiger partial charge in [0.25, 0.3) is 0 Å². The third-order valence-electron chi connectivity index (χ3n) is 2.64. The minimum Gasteiger partial charge on any atom is -0.192 e. The van der Waals surface area contributed by atoms with Crippen LogP contribution in [0.3, 0.4) is 0 Å². The molecule has 102 valence electrons. The Bertz CT molecular complexity index is 672. The first kappa shape index (κ1) is 14.5. The lowest BCUT2D eigenvalue weighted by atomic mass is 10.1. The lowest BCUT2D eigenvalue weighted by Gasteiger charge is -2.10. The van der Waals surface area contributed by atoms with Crippen LogP contribution in [0.15, 0.2) is 52.3 Å². The van der Waals surface area contributed by atoms with E-state index in [9.17, 15) is 13.2 Å². The summed E-state index contributed by atoms with van der Waals surface area (Å²) in [7, 11) is 0. The molecule has 0 aliphatic rings. The number of halogens is 3. The van der Waals surface area contributed by atoms with E-state index in [-0.39, 0.29) is 5.56 Å². The average Bonchev–Trinajstić information content (AvgIpc) is 2.37. The zero-order chi connectivity index (χ0) is 14.8. The van der Waals surface area contributed by atoms with Gasteiger partial charge in [-0.05, 0) is 37.3 Å². The van der Waals surface area contributed by atoms with Crippen LogP contribution in [0.25, 0.3) is 0 Å². The molecule has 0 radical (unpaired) electrons. The number of nitrogens with zero attached hydrogens (tertiary/aromatic N) is 1. The highest BCUT2D eigenvalue weighted by molar-refractivity contribution is 7.99. The largest absolute Gasteiger partial charge is 0.417 e. The standard InChI is InChI=1S/C15H10F3NS/c1-10-3-2-4-12(7-10)20-13-6-5-11(9-19)14(8-13)15(16,17)18/h2-8H,1H3. The van der Waals surface area contributed by atoms with Crippen molar-refractivity contribution in [1.29, 1.82) is 5.26 Å². The van der Waals surface area contributed by atoms with Crippen molar-refractivity contribution >= 4 is 11.8 Å². The van der Waals surface area contributed by atoms with Crippen LogP contribution in [-0.4, -0.2) is 0 Å². The van der Waals surface area contributed by atoms with E-state index < -0.39 is 11.7 Å². The fraction of sp³-hybridized carbons (Fsp3) is 0.133. The summed E-state index contributed by atoms with van der Waals surface area (Å²) >= 11 is 1.24. The molecular weight excluding hydrogens is 283 g/mol. The molecule has 0 spiro atoms. The Balaban J connectivity index is 2.37. The average molecular weight is 293 g/mol. The van der Waals surface area contributed by atoms with E-state index >= 15 is 0 Å². The van der Waals surface area contributed by atoms with Crippen LogP contribution in [0.5, 0.6) is 0 Å². The van der Waals surface area contributed by atoms with Crippen molar-refractivity contribution in [2.24, 2.45) is 0 Å². The van der Waals surface area contributed by atoms with Crippen molar-refractivity contribution in [3.05, 3.63) is 59.2 Å². The zero-order valence-corrected chi connectivity index (χ0v) is 11.3. The van der Waals surface area contributed by atoms with Gasteiger partial charge in [0.1, 0.15) is 0 Å². The van der Waals surface area contributed by atoms with Gasteiger partial charge in [0.15, 0.2) is 0 Å². The van der Waals surface area contributed by atoms with Gasteiger partial charge in [-0.3, -0.25) is 0 Å². The van der Waals surface area contributed by atoms with E-state index in [0.29, 0.717) is 4.90 Å². The Morgan fingerprint density at radius 1 is 1.05 bits per heavy atom. The van der Waals surface area contributed by atoms with Gasteiger partial charge in [-0.25, -0.2) is 0 Å². The molecule has 0 N–H and O–H groups in total. The maximum Gasteiger partial charge on any atom is 0.417 e. The monoisotopic (exact) mass is 293 g/mol. The third-order valence-corrected chi connectivity index (χ3v) is 3.62. The van der Waals surface area contributed by atoms with E-state index in [1.165, 1.54) is 23.9 Å². The van der Waals surface area contributed by atoms with Crippen LogP contribution in [0.2, 0.25) is 0 Å². The number of hydrogen-bond acceptors (Lipinski definition) is 2. The maximum atomic E-state index is 12.9. The van der Waals surface area contributed by atoms with Crippen LogP contribution >= 0.6 is 11.8 Å². The van der Waals surface area contributed by atoms with E-state index in [2.05, 4.69) is 0 Å². The minimum absolute atomic E-state index is 0.355. The van der Waals surface area contributed by atoms with Gasteiger partial charge in [-0.2, -0.15) is 18.4 Å². The van der Waals surface area contributed by atoms with Crippen molar-refractivity contribution in [3.63, 3.8) is 0 Å². The van der Waals surface area contributed by atoms with Gasteiger partial charge in [-0.15, -0.1) is 0 Å². The second-order valence-electron chi connectivity index (χ2n) is 4.24. The highest BCUT2D eigenvalue weighted by atomic mass is 32.2. The van der Waals surface area contributed by atoms with Crippen molar-refractivity contribution in [3.8, 4) is 6.07 Å². The van der Waals surface area contributed by atoms with Gasteiger partial charge in [0.05, 0.1) is 17.2 Å². The molecule has 0 aromatic heterocycles. The van der Waals surface area contributed by atoms with Gasteiger partial charge < -0.3 is 0 Å². The van der Waals surface area contributed by atoms with Crippen LogP contribution in [0, 0.1) is 18.3 Å². The quantitative estimate of drug-likeness (QED) is 0.774. The summed E-state index contributed by atoms with van der Waals surface area (Å²) in [4.78, 5) is 1.32. The topological polar surface area (TPSA) is 23.8 Å². The molecule has 5 heteroatoms. The van der Waals surface area contributed by atoms with Crippen molar-refractivity contribution in [1.82, 2.24) is 0 Å². The second kappa shape index (κ2) is 5.59. The summed E-state index contributed by atoms with van der Waals surface area (Å²) < 4.78 is 38.6. The highest BCUT2D eigenvalue weighted by Crippen LogP contribution is 2.36.